The van der Waals surface area contributed by atoms with Gasteiger partial charge in [-0.15, -0.1) is 0 Å². The van der Waals surface area contributed by atoms with Crippen molar-refractivity contribution in [1.82, 2.24) is 0 Å². The van der Waals surface area contributed by atoms with Gasteiger partial charge in [0, 0.05) is 24.8 Å². The van der Waals surface area contributed by atoms with Gasteiger partial charge >= 0.3 is 0 Å². The van der Waals surface area contributed by atoms with Gasteiger partial charge in [0.05, 0.1) is 11.5 Å². The number of carbonyl (C=O) groups excluding carboxylic acids is 1. The molecule has 3 N–H and O–H groups in total. The number of unbranched alkanes of at least 4 members (excludes halogenated alkanes) is 1. The van der Waals surface area contributed by atoms with Gasteiger partial charge in [-0.05, 0) is 18.6 Å². The maximum Gasteiger partial charge on any atom is 0.292 e. The van der Waals surface area contributed by atoms with Gasteiger partial charge in [0.25, 0.3) is 5.69 Å². The molecule has 0 atom stereocenters. The largest absolute Gasteiger partial charge is 0.380 e. The number of hydrogen-bond donors (Lipinski definition) is 2. The summed E-state index contributed by atoms with van der Waals surface area (Å²) in [5, 5.41) is 13.8. The van der Waals surface area contributed by atoms with E-state index in [1.807, 2.05) is 0 Å². The molecular weight excluding hydrogens is 262 g/mol. The number of primary amides is 1. The molecule has 0 bridgehead atoms. The van der Waals surface area contributed by atoms with Crippen LogP contribution in [0.3, 0.4) is 0 Å². The Balaban J connectivity index is 2.63. The number of nitrogens with zero attached hydrogens (tertiary/aromatic N) is 1. The number of nitrogens with two attached hydrogens (primary N) is 1. The van der Waals surface area contributed by atoms with Gasteiger partial charge in [0.1, 0.15) is 5.69 Å². The molecule has 0 fully saturated rings. The van der Waals surface area contributed by atoms with Crippen LogP contribution in [0.5, 0.6) is 0 Å². The summed E-state index contributed by atoms with van der Waals surface area (Å²) in [6, 6.07) is 3.98. The second-order valence-corrected chi connectivity index (χ2v) is 4.25. The van der Waals surface area contributed by atoms with E-state index in [2.05, 4.69) is 12.2 Å². The summed E-state index contributed by atoms with van der Waals surface area (Å²) in [6.07, 6.45) is 2.04. The fourth-order valence-corrected chi connectivity index (χ4v) is 1.60. The molecule has 0 spiro atoms. The predicted octanol–water partition coefficient (Wildman–Crippen LogP) is 1.92. The van der Waals surface area contributed by atoms with Crippen molar-refractivity contribution < 1.29 is 14.5 Å². The molecule has 20 heavy (non-hydrogen) atoms. The van der Waals surface area contributed by atoms with E-state index in [-0.39, 0.29) is 16.9 Å². The molecule has 0 unspecified atom stereocenters. The molecule has 1 rings (SSSR count). The fraction of sp³-hybridized carbons (Fsp3) is 0.462. The number of rotatable bonds is 9. The van der Waals surface area contributed by atoms with Crippen molar-refractivity contribution in [2.45, 2.75) is 19.8 Å². The standard InChI is InChI=1S/C13H19N3O4/c1-2-3-7-20-8-6-15-11-9-10(13(14)17)4-5-12(11)16(18)19/h4-5,9,15H,2-3,6-8H2,1H3,(H2,14,17). The lowest BCUT2D eigenvalue weighted by atomic mass is 10.1. The minimum Gasteiger partial charge on any atom is -0.380 e. The van der Waals surface area contributed by atoms with Gasteiger partial charge in [-0.2, -0.15) is 0 Å². The van der Waals surface area contributed by atoms with E-state index in [4.69, 9.17) is 10.5 Å². The van der Waals surface area contributed by atoms with Crippen LogP contribution in [0.4, 0.5) is 11.4 Å². The third-order valence-corrected chi connectivity index (χ3v) is 2.68. The average Bonchev–Trinajstić information content (AvgIpc) is 2.42. The summed E-state index contributed by atoms with van der Waals surface area (Å²) in [5.74, 6) is -0.623. The second kappa shape index (κ2) is 8.11. The summed E-state index contributed by atoms with van der Waals surface area (Å²) in [6.45, 7) is 3.60. The molecule has 0 radical (unpaired) electrons. The van der Waals surface area contributed by atoms with Crippen LogP contribution < -0.4 is 11.1 Å². The second-order valence-electron chi connectivity index (χ2n) is 4.25. The van der Waals surface area contributed by atoms with Crippen LogP contribution in [-0.4, -0.2) is 30.6 Å². The maximum atomic E-state index is 11.1. The van der Waals surface area contributed by atoms with Crippen molar-refractivity contribution in [1.29, 1.82) is 0 Å². The molecule has 1 aromatic carbocycles. The van der Waals surface area contributed by atoms with Crippen LogP contribution in [0.1, 0.15) is 30.1 Å². The van der Waals surface area contributed by atoms with Crippen molar-refractivity contribution in [3.8, 4) is 0 Å². The van der Waals surface area contributed by atoms with Crippen LogP contribution in [0, 0.1) is 10.1 Å². The zero-order valence-electron chi connectivity index (χ0n) is 11.4. The van der Waals surface area contributed by atoms with E-state index >= 15 is 0 Å². The molecular formula is C13H19N3O4. The Hall–Kier alpha value is -2.15. The van der Waals surface area contributed by atoms with Crippen molar-refractivity contribution in [3.05, 3.63) is 33.9 Å². The highest BCUT2D eigenvalue weighted by molar-refractivity contribution is 5.94. The lowest BCUT2D eigenvalue weighted by Gasteiger charge is -2.08. The lowest BCUT2D eigenvalue weighted by molar-refractivity contribution is -0.384. The van der Waals surface area contributed by atoms with E-state index in [0.717, 1.165) is 12.8 Å². The molecule has 0 heterocycles. The molecule has 7 nitrogen and oxygen atoms in total. The van der Waals surface area contributed by atoms with Gasteiger partial charge in [-0.3, -0.25) is 14.9 Å². The Kier molecular flexibility index (Phi) is 6.45. The van der Waals surface area contributed by atoms with E-state index in [1.54, 1.807) is 0 Å². The third kappa shape index (κ3) is 4.85. The first-order valence-electron chi connectivity index (χ1n) is 6.46. The molecule has 0 saturated carbocycles. The Labute approximate surface area is 117 Å². The number of amides is 1. The summed E-state index contributed by atoms with van der Waals surface area (Å²) in [5.41, 5.74) is 5.56. The number of hydrogen-bond acceptors (Lipinski definition) is 5. The number of nitro benzene ring substituents is 1. The van der Waals surface area contributed by atoms with E-state index in [1.165, 1.54) is 18.2 Å². The number of nitrogens with one attached hydrogen (secondary N) is 1. The quantitative estimate of drug-likeness (QED) is 0.408. The first kappa shape index (κ1) is 15.9. The van der Waals surface area contributed by atoms with Gasteiger partial charge in [0.2, 0.25) is 5.91 Å². The Morgan fingerprint density at radius 2 is 2.20 bits per heavy atom. The highest BCUT2D eigenvalue weighted by atomic mass is 16.6. The molecule has 1 amide bonds. The number of nitro groups is 1. The van der Waals surface area contributed by atoms with Gasteiger partial charge < -0.3 is 15.8 Å². The summed E-state index contributed by atoms with van der Waals surface area (Å²) in [4.78, 5) is 21.5. The zero-order chi connectivity index (χ0) is 15.0. The number of anilines is 1. The smallest absolute Gasteiger partial charge is 0.292 e. The van der Waals surface area contributed by atoms with Crippen molar-refractivity contribution in [2.24, 2.45) is 5.73 Å². The molecule has 0 aliphatic rings. The van der Waals surface area contributed by atoms with Gasteiger partial charge in [-0.25, -0.2) is 0 Å². The first-order valence-corrected chi connectivity index (χ1v) is 6.46. The SMILES string of the molecule is CCCCOCCNc1cc(C(N)=O)ccc1[N+](=O)[O-]. The fourth-order valence-electron chi connectivity index (χ4n) is 1.60. The summed E-state index contributed by atoms with van der Waals surface area (Å²) < 4.78 is 5.35. The Morgan fingerprint density at radius 3 is 2.80 bits per heavy atom. The third-order valence-electron chi connectivity index (χ3n) is 2.68. The number of benzene rings is 1. The predicted molar refractivity (Wildman–Crippen MR) is 75.8 cm³/mol. The highest BCUT2D eigenvalue weighted by Gasteiger charge is 2.15. The minimum absolute atomic E-state index is 0.0939. The van der Waals surface area contributed by atoms with E-state index in [9.17, 15) is 14.9 Å². The van der Waals surface area contributed by atoms with Crippen LogP contribution in [0.15, 0.2) is 18.2 Å². The molecule has 0 aromatic heterocycles. The number of ether oxygens (including phenoxy) is 1. The Bertz CT molecular complexity index is 477. The minimum atomic E-state index is -0.623. The summed E-state index contributed by atoms with van der Waals surface area (Å²) >= 11 is 0. The first-order chi connectivity index (χ1) is 9.56. The monoisotopic (exact) mass is 281 g/mol. The topological polar surface area (TPSA) is 107 Å². The average molecular weight is 281 g/mol. The van der Waals surface area contributed by atoms with Crippen LogP contribution in [0.25, 0.3) is 0 Å². The maximum absolute atomic E-state index is 11.1. The van der Waals surface area contributed by atoms with Crippen molar-refractivity contribution in [2.75, 3.05) is 25.1 Å². The Morgan fingerprint density at radius 1 is 1.45 bits per heavy atom. The van der Waals surface area contributed by atoms with Gasteiger partial charge in [-0.1, -0.05) is 13.3 Å². The van der Waals surface area contributed by atoms with Gasteiger partial charge in [0.15, 0.2) is 0 Å². The highest BCUT2D eigenvalue weighted by Crippen LogP contribution is 2.25. The molecule has 0 saturated heterocycles. The molecule has 1 aromatic rings. The normalized spacial score (nSPS) is 10.2. The van der Waals surface area contributed by atoms with Crippen molar-refractivity contribution >= 4 is 17.3 Å². The number of carbonyl (C=O) groups is 1. The lowest BCUT2D eigenvalue weighted by Crippen LogP contribution is -2.14. The molecule has 0 aliphatic carbocycles. The van der Waals surface area contributed by atoms with Crippen LogP contribution in [-0.2, 0) is 4.74 Å². The molecule has 110 valence electrons. The molecule has 0 aliphatic heterocycles. The van der Waals surface area contributed by atoms with E-state index in [0.29, 0.717) is 19.8 Å². The molecule has 7 heteroatoms. The van der Waals surface area contributed by atoms with E-state index < -0.39 is 10.8 Å². The zero-order valence-corrected chi connectivity index (χ0v) is 11.4. The summed E-state index contributed by atoms with van der Waals surface area (Å²) in [7, 11) is 0. The van der Waals surface area contributed by atoms with Crippen LogP contribution in [0.2, 0.25) is 0 Å². The van der Waals surface area contributed by atoms with Crippen molar-refractivity contribution in [3.63, 3.8) is 0 Å². The van der Waals surface area contributed by atoms with Crippen LogP contribution >= 0.6 is 0 Å².